The first-order valence-electron chi connectivity index (χ1n) is 15.7. The summed E-state index contributed by atoms with van der Waals surface area (Å²) in [5, 5.41) is 11.6. The minimum absolute atomic E-state index is 0.0226. The molecule has 3 aliphatic heterocycles. The first-order valence-corrected chi connectivity index (χ1v) is 15.7. The normalized spacial score (nSPS) is 24.0. The van der Waals surface area contributed by atoms with Gasteiger partial charge in [0.05, 0.1) is 18.2 Å². The van der Waals surface area contributed by atoms with Crippen LogP contribution in [0.15, 0.2) is 33.5 Å². The standard InChI is InChI=1S/C28H24FN3O4.C7H12FN/c1-4-19-21(29)8-7-17-10-18(33)11-20(22(17)19)25-14(2)24-23(27(34)36-25)26(31-28(30-24)35-3)32-12-15-5-6-16(9-15)13-32;8-6-4-7-2-1-3-9(7)5-6/h1,7-8,10-11,15-16,33H,5-6,9,12-13H2,2-3H3;6-7H,1-5H2. The molecule has 8 rings (SSSR count). The number of methoxy groups -OCH3 is 1. The van der Waals surface area contributed by atoms with E-state index in [1.807, 2.05) is 0 Å². The van der Waals surface area contributed by atoms with Crippen molar-refractivity contribution in [2.24, 2.45) is 11.8 Å². The lowest BCUT2D eigenvalue weighted by Gasteiger charge is -2.33. The van der Waals surface area contributed by atoms with Crippen molar-refractivity contribution in [2.75, 3.05) is 38.2 Å². The van der Waals surface area contributed by atoms with Crippen LogP contribution in [0.3, 0.4) is 0 Å². The second kappa shape index (κ2) is 11.6. The molecule has 1 saturated carbocycles. The monoisotopic (exact) mass is 614 g/mol. The highest BCUT2D eigenvalue weighted by molar-refractivity contribution is 6.03. The minimum Gasteiger partial charge on any atom is -0.508 e. The number of phenols is 1. The number of fused-ring (bicyclic) bond motifs is 5. The first kappa shape index (κ1) is 29.5. The van der Waals surface area contributed by atoms with Gasteiger partial charge < -0.3 is 19.2 Å². The lowest BCUT2D eigenvalue weighted by atomic mass is 9.95. The van der Waals surface area contributed by atoms with E-state index in [1.54, 1.807) is 6.92 Å². The Morgan fingerprint density at radius 3 is 2.58 bits per heavy atom. The van der Waals surface area contributed by atoms with Crippen molar-refractivity contribution in [3.8, 4) is 35.4 Å². The van der Waals surface area contributed by atoms with E-state index in [0.717, 1.165) is 26.1 Å². The fourth-order valence-electron chi connectivity index (χ4n) is 7.95. The SMILES string of the molecule is C#Cc1c(F)ccc2cc(O)cc(-c3oc(=O)c4c(N5CC6CCC(C6)C5)nc(OC)nc4c3C)c12.FC1CC2CCCN2C1. The highest BCUT2D eigenvalue weighted by Gasteiger charge is 2.36. The number of piperidine rings is 1. The van der Waals surface area contributed by atoms with Gasteiger partial charge in [0.15, 0.2) is 5.82 Å². The van der Waals surface area contributed by atoms with Gasteiger partial charge in [-0.15, -0.1) is 6.42 Å². The van der Waals surface area contributed by atoms with Crippen molar-refractivity contribution in [3.63, 3.8) is 0 Å². The maximum Gasteiger partial charge on any atom is 0.349 e. The zero-order valence-corrected chi connectivity index (χ0v) is 25.5. The van der Waals surface area contributed by atoms with Gasteiger partial charge in [0.1, 0.15) is 28.9 Å². The molecular weight excluding hydrogens is 578 g/mol. The van der Waals surface area contributed by atoms with E-state index in [4.69, 9.17) is 15.6 Å². The van der Waals surface area contributed by atoms with Gasteiger partial charge in [-0.3, -0.25) is 4.90 Å². The van der Waals surface area contributed by atoms with Crippen LogP contribution in [0.1, 0.15) is 49.7 Å². The number of alkyl halides is 1. The molecule has 2 aromatic heterocycles. The number of aromatic hydroxyl groups is 1. The zero-order chi connectivity index (χ0) is 31.4. The fraction of sp³-hybridized carbons (Fsp3) is 0.457. The molecular formula is C35H36F2N4O4. The predicted octanol–water partition coefficient (Wildman–Crippen LogP) is 5.98. The molecule has 4 aromatic rings. The number of hydrogen-bond acceptors (Lipinski definition) is 8. The highest BCUT2D eigenvalue weighted by atomic mass is 19.1. The van der Waals surface area contributed by atoms with Crippen LogP contribution < -0.4 is 15.3 Å². The molecule has 0 radical (unpaired) electrons. The van der Waals surface area contributed by atoms with Gasteiger partial charge in [-0.1, -0.05) is 12.0 Å². The Kier molecular flexibility index (Phi) is 7.60. The van der Waals surface area contributed by atoms with Gasteiger partial charge in [0, 0.05) is 42.2 Å². The molecule has 45 heavy (non-hydrogen) atoms. The Balaban J connectivity index is 0.000000308. The molecule has 4 fully saturated rings. The topological polar surface area (TPSA) is 91.9 Å². The van der Waals surface area contributed by atoms with E-state index < -0.39 is 17.6 Å². The number of anilines is 1. The number of aromatic nitrogens is 2. The van der Waals surface area contributed by atoms with Gasteiger partial charge >= 0.3 is 11.6 Å². The number of halogens is 2. The van der Waals surface area contributed by atoms with Gasteiger partial charge in [0.2, 0.25) is 0 Å². The fourth-order valence-corrected chi connectivity index (χ4v) is 7.95. The molecule has 1 N–H and O–H groups in total. The number of terminal acetylenes is 1. The van der Waals surface area contributed by atoms with E-state index in [9.17, 15) is 18.7 Å². The van der Waals surface area contributed by atoms with E-state index >= 15 is 0 Å². The number of benzene rings is 2. The van der Waals surface area contributed by atoms with E-state index in [1.165, 1.54) is 63.5 Å². The van der Waals surface area contributed by atoms with Crippen LogP contribution in [-0.4, -0.2) is 65.5 Å². The summed E-state index contributed by atoms with van der Waals surface area (Å²) in [6, 6.07) is 6.44. The van der Waals surface area contributed by atoms with Crippen molar-refractivity contribution in [1.82, 2.24) is 14.9 Å². The van der Waals surface area contributed by atoms with Crippen molar-refractivity contribution in [3.05, 3.63) is 51.6 Å². The Morgan fingerprint density at radius 2 is 1.87 bits per heavy atom. The molecule has 8 nitrogen and oxygen atoms in total. The second-order valence-corrected chi connectivity index (χ2v) is 12.8. The highest BCUT2D eigenvalue weighted by Crippen LogP contribution is 2.42. The smallest absolute Gasteiger partial charge is 0.349 e. The molecule has 2 bridgehead atoms. The first-order chi connectivity index (χ1) is 21.7. The van der Waals surface area contributed by atoms with Gasteiger partial charge in [-0.05, 0) is 87.4 Å². The molecule has 0 amide bonds. The van der Waals surface area contributed by atoms with Gasteiger partial charge in [-0.2, -0.15) is 9.97 Å². The summed E-state index contributed by atoms with van der Waals surface area (Å²) in [4.78, 5) is 27.0. The molecule has 4 aliphatic rings. The van der Waals surface area contributed by atoms with Crippen LogP contribution in [0.4, 0.5) is 14.6 Å². The summed E-state index contributed by atoms with van der Waals surface area (Å²) in [6.07, 6.45) is 12.0. The van der Waals surface area contributed by atoms with Gasteiger partial charge in [-0.25, -0.2) is 13.6 Å². The van der Waals surface area contributed by atoms with Crippen molar-refractivity contribution < 1.29 is 23.0 Å². The Labute approximate surface area is 260 Å². The maximum absolute atomic E-state index is 14.6. The number of nitrogens with zero attached hydrogens (tertiary/aromatic N) is 4. The Hall–Kier alpha value is -4.23. The summed E-state index contributed by atoms with van der Waals surface area (Å²) < 4.78 is 38.5. The third-order valence-electron chi connectivity index (χ3n) is 9.95. The van der Waals surface area contributed by atoms with E-state index in [-0.39, 0.29) is 28.5 Å². The van der Waals surface area contributed by atoms with E-state index in [0.29, 0.717) is 57.7 Å². The summed E-state index contributed by atoms with van der Waals surface area (Å²) >= 11 is 0. The third-order valence-corrected chi connectivity index (χ3v) is 9.95. The van der Waals surface area contributed by atoms with Crippen LogP contribution >= 0.6 is 0 Å². The number of rotatable bonds is 3. The lowest BCUT2D eigenvalue weighted by molar-refractivity contribution is 0.292. The van der Waals surface area contributed by atoms with Gasteiger partial charge in [0.25, 0.3) is 0 Å². The quantitative estimate of drug-likeness (QED) is 0.282. The molecule has 234 valence electrons. The number of aryl methyl sites for hydroxylation is 1. The molecule has 1 aliphatic carbocycles. The minimum atomic E-state index is -0.615. The molecule has 4 atom stereocenters. The number of ether oxygens (including phenoxy) is 1. The number of phenolic OH excluding ortho intramolecular Hbond substituents is 1. The Bertz CT molecular complexity index is 1880. The molecule has 0 spiro atoms. The van der Waals surface area contributed by atoms with E-state index in [2.05, 4.69) is 25.7 Å². The lowest BCUT2D eigenvalue weighted by Crippen LogP contribution is -2.37. The van der Waals surface area contributed by atoms with Crippen molar-refractivity contribution in [1.29, 1.82) is 0 Å². The second-order valence-electron chi connectivity index (χ2n) is 12.8. The van der Waals surface area contributed by atoms with Crippen molar-refractivity contribution >= 4 is 27.5 Å². The molecule has 5 heterocycles. The average Bonchev–Trinajstić information content (AvgIpc) is 3.72. The van der Waals surface area contributed by atoms with Crippen LogP contribution in [0.25, 0.3) is 33.0 Å². The van der Waals surface area contributed by atoms with Crippen LogP contribution in [0, 0.1) is 36.9 Å². The van der Waals surface area contributed by atoms with Crippen LogP contribution in [0.2, 0.25) is 0 Å². The number of hydrogen-bond donors (Lipinski definition) is 1. The average molecular weight is 615 g/mol. The molecule has 10 heteroatoms. The summed E-state index contributed by atoms with van der Waals surface area (Å²) in [7, 11) is 1.48. The summed E-state index contributed by atoms with van der Waals surface area (Å²) in [5.74, 6) is 3.55. The maximum atomic E-state index is 14.6. The van der Waals surface area contributed by atoms with Crippen LogP contribution in [0.5, 0.6) is 11.8 Å². The summed E-state index contributed by atoms with van der Waals surface area (Å²) in [6.45, 7) is 5.25. The Morgan fingerprint density at radius 1 is 1.09 bits per heavy atom. The van der Waals surface area contributed by atoms with Crippen molar-refractivity contribution in [2.45, 2.75) is 57.7 Å². The zero-order valence-electron chi connectivity index (χ0n) is 25.5. The largest absolute Gasteiger partial charge is 0.508 e. The molecule has 4 unspecified atom stereocenters. The molecule has 2 aromatic carbocycles. The molecule has 3 saturated heterocycles. The third kappa shape index (κ3) is 5.27. The summed E-state index contributed by atoms with van der Waals surface area (Å²) in [5.41, 5.74) is 0.636. The predicted molar refractivity (Wildman–Crippen MR) is 169 cm³/mol. The van der Waals surface area contributed by atoms with Crippen LogP contribution in [-0.2, 0) is 0 Å².